The van der Waals surface area contributed by atoms with Gasteiger partial charge in [-0.05, 0) is 18.9 Å². The molecule has 0 aliphatic heterocycles. The molecule has 2 nitrogen and oxygen atoms in total. The van der Waals surface area contributed by atoms with E-state index < -0.39 is 0 Å². The van der Waals surface area contributed by atoms with Gasteiger partial charge in [0, 0.05) is 24.0 Å². The van der Waals surface area contributed by atoms with Crippen molar-refractivity contribution in [2.45, 2.75) is 26.4 Å². The lowest BCUT2D eigenvalue weighted by Crippen LogP contribution is -2.32. The van der Waals surface area contributed by atoms with Crippen molar-refractivity contribution in [1.29, 1.82) is 0 Å². The first-order valence-corrected chi connectivity index (χ1v) is 6.13. The van der Waals surface area contributed by atoms with E-state index in [4.69, 9.17) is 16.3 Å². The average Bonchev–Trinajstić information content (AvgIpc) is 2.35. The maximum Gasteiger partial charge on any atom is 0.123 e. The Hall–Kier alpha value is -0.730. The zero-order valence-corrected chi connectivity index (χ0v) is 10.9. The summed E-state index contributed by atoms with van der Waals surface area (Å²) in [5, 5.41) is 3.46. The maximum atomic E-state index is 5.82. The highest BCUT2D eigenvalue weighted by atomic mass is 35.5. The van der Waals surface area contributed by atoms with Crippen molar-refractivity contribution in [2.75, 3.05) is 13.0 Å². The Morgan fingerprint density at radius 2 is 2.00 bits per heavy atom. The molecule has 0 bridgehead atoms. The molecule has 0 saturated carbocycles. The van der Waals surface area contributed by atoms with Crippen LogP contribution in [-0.4, -0.2) is 19.0 Å². The molecule has 2 atom stereocenters. The number of nitrogens with one attached hydrogen (secondary N) is 1. The zero-order chi connectivity index (χ0) is 12.0. The van der Waals surface area contributed by atoms with Crippen molar-refractivity contribution in [2.24, 2.45) is 5.92 Å². The van der Waals surface area contributed by atoms with E-state index in [0.29, 0.717) is 17.8 Å². The largest absolute Gasteiger partial charge is 0.496 e. The van der Waals surface area contributed by atoms with E-state index in [2.05, 4.69) is 25.2 Å². The standard InChI is InChI=1S/C13H20ClNO/c1-10(8-14)11(2)15-9-12-6-4-5-7-13(12)16-3/h4-7,10-11,15H,8-9H2,1-3H3. The molecule has 0 amide bonds. The van der Waals surface area contributed by atoms with Crippen LogP contribution in [0, 0.1) is 5.92 Å². The summed E-state index contributed by atoms with van der Waals surface area (Å²) in [6.45, 7) is 5.11. The highest BCUT2D eigenvalue weighted by Gasteiger charge is 2.11. The fourth-order valence-electron chi connectivity index (χ4n) is 1.45. The molecule has 0 aliphatic rings. The molecule has 16 heavy (non-hydrogen) atoms. The molecule has 3 heteroatoms. The predicted octanol–water partition coefficient (Wildman–Crippen LogP) is 3.05. The van der Waals surface area contributed by atoms with E-state index >= 15 is 0 Å². The normalized spacial score (nSPS) is 14.5. The summed E-state index contributed by atoms with van der Waals surface area (Å²) in [6.07, 6.45) is 0. The number of hydrogen-bond acceptors (Lipinski definition) is 2. The van der Waals surface area contributed by atoms with Crippen molar-refractivity contribution >= 4 is 11.6 Å². The van der Waals surface area contributed by atoms with Gasteiger partial charge in [0.25, 0.3) is 0 Å². The number of benzene rings is 1. The van der Waals surface area contributed by atoms with Gasteiger partial charge in [-0.25, -0.2) is 0 Å². The lowest BCUT2D eigenvalue weighted by Gasteiger charge is -2.19. The third-order valence-corrected chi connectivity index (χ3v) is 3.39. The molecule has 0 radical (unpaired) electrons. The van der Waals surface area contributed by atoms with Crippen LogP contribution in [0.1, 0.15) is 19.4 Å². The summed E-state index contributed by atoms with van der Waals surface area (Å²) in [7, 11) is 1.70. The summed E-state index contributed by atoms with van der Waals surface area (Å²) in [4.78, 5) is 0. The number of para-hydroxylation sites is 1. The van der Waals surface area contributed by atoms with Gasteiger partial charge in [-0.1, -0.05) is 25.1 Å². The van der Waals surface area contributed by atoms with E-state index in [9.17, 15) is 0 Å². The highest BCUT2D eigenvalue weighted by molar-refractivity contribution is 6.18. The molecule has 0 fully saturated rings. The van der Waals surface area contributed by atoms with Gasteiger partial charge in [-0.2, -0.15) is 0 Å². The van der Waals surface area contributed by atoms with E-state index in [1.165, 1.54) is 5.56 Å². The van der Waals surface area contributed by atoms with Crippen LogP contribution in [0.5, 0.6) is 5.75 Å². The van der Waals surface area contributed by atoms with E-state index in [0.717, 1.165) is 12.3 Å². The Balaban J connectivity index is 2.54. The Morgan fingerprint density at radius 3 is 2.62 bits per heavy atom. The summed E-state index contributed by atoms with van der Waals surface area (Å²) >= 11 is 5.82. The quantitative estimate of drug-likeness (QED) is 0.773. The number of halogens is 1. The molecule has 0 aromatic heterocycles. The Bertz CT molecular complexity index is 317. The smallest absolute Gasteiger partial charge is 0.123 e. The lowest BCUT2D eigenvalue weighted by molar-refractivity contribution is 0.396. The minimum Gasteiger partial charge on any atom is -0.496 e. The van der Waals surface area contributed by atoms with Gasteiger partial charge >= 0.3 is 0 Å². The van der Waals surface area contributed by atoms with Crippen molar-refractivity contribution in [3.8, 4) is 5.75 Å². The third-order valence-electron chi connectivity index (χ3n) is 2.90. The lowest BCUT2D eigenvalue weighted by atomic mass is 10.1. The van der Waals surface area contributed by atoms with Crippen molar-refractivity contribution in [3.63, 3.8) is 0 Å². The van der Waals surface area contributed by atoms with Crippen LogP contribution in [0.2, 0.25) is 0 Å². The second kappa shape index (κ2) is 6.77. The Kier molecular flexibility index (Phi) is 5.64. The number of methoxy groups -OCH3 is 1. The van der Waals surface area contributed by atoms with Gasteiger partial charge in [-0.15, -0.1) is 11.6 Å². The van der Waals surface area contributed by atoms with Gasteiger partial charge in [0.1, 0.15) is 5.75 Å². The van der Waals surface area contributed by atoms with Crippen LogP contribution in [0.15, 0.2) is 24.3 Å². The topological polar surface area (TPSA) is 21.3 Å². The summed E-state index contributed by atoms with van der Waals surface area (Å²) in [5.41, 5.74) is 1.18. The summed E-state index contributed by atoms with van der Waals surface area (Å²) in [6, 6.07) is 8.46. The van der Waals surface area contributed by atoms with Crippen LogP contribution in [0.25, 0.3) is 0 Å². The SMILES string of the molecule is COc1ccccc1CNC(C)C(C)CCl. The van der Waals surface area contributed by atoms with E-state index in [-0.39, 0.29) is 0 Å². The molecular weight excluding hydrogens is 222 g/mol. The molecule has 1 aromatic rings. The number of rotatable bonds is 6. The third kappa shape index (κ3) is 3.69. The number of alkyl halides is 1. The molecule has 0 spiro atoms. The summed E-state index contributed by atoms with van der Waals surface area (Å²) in [5.74, 6) is 2.08. The first kappa shape index (κ1) is 13.3. The highest BCUT2D eigenvalue weighted by Crippen LogP contribution is 2.17. The molecule has 0 heterocycles. The van der Waals surface area contributed by atoms with E-state index in [1.807, 2.05) is 18.2 Å². The van der Waals surface area contributed by atoms with Crippen LogP contribution < -0.4 is 10.1 Å². The minimum absolute atomic E-state index is 0.405. The molecule has 1 aromatic carbocycles. The van der Waals surface area contributed by atoms with Gasteiger partial charge in [-0.3, -0.25) is 0 Å². The van der Waals surface area contributed by atoms with Gasteiger partial charge in [0.2, 0.25) is 0 Å². The van der Waals surface area contributed by atoms with Crippen molar-refractivity contribution in [3.05, 3.63) is 29.8 Å². The molecule has 0 saturated heterocycles. The monoisotopic (exact) mass is 241 g/mol. The number of hydrogen-bond donors (Lipinski definition) is 1. The zero-order valence-electron chi connectivity index (χ0n) is 10.2. The fraction of sp³-hybridized carbons (Fsp3) is 0.538. The molecule has 1 N–H and O–H groups in total. The Labute approximate surface area is 103 Å². The van der Waals surface area contributed by atoms with Gasteiger partial charge < -0.3 is 10.1 Å². The van der Waals surface area contributed by atoms with Crippen LogP contribution in [-0.2, 0) is 6.54 Å². The maximum absolute atomic E-state index is 5.82. The average molecular weight is 242 g/mol. The minimum atomic E-state index is 0.405. The van der Waals surface area contributed by atoms with Gasteiger partial charge in [0.05, 0.1) is 7.11 Å². The second-order valence-corrected chi connectivity index (χ2v) is 4.42. The molecule has 90 valence electrons. The molecule has 1 rings (SSSR count). The second-order valence-electron chi connectivity index (χ2n) is 4.11. The fourth-order valence-corrected chi connectivity index (χ4v) is 1.72. The van der Waals surface area contributed by atoms with Crippen LogP contribution in [0.4, 0.5) is 0 Å². The van der Waals surface area contributed by atoms with Crippen LogP contribution >= 0.6 is 11.6 Å². The Morgan fingerprint density at radius 1 is 1.31 bits per heavy atom. The molecule has 0 aliphatic carbocycles. The molecular formula is C13H20ClNO. The van der Waals surface area contributed by atoms with Crippen molar-refractivity contribution in [1.82, 2.24) is 5.32 Å². The van der Waals surface area contributed by atoms with Gasteiger partial charge in [0.15, 0.2) is 0 Å². The van der Waals surface area contributed by atoms with E-state index in [1.54, 1.807) is 7.11 Å². The first-order chi connectivity index (χ1) is 7.69. The molecule has 2 unspecified atom stereocenters. The first-order valence-electron chi connectivity index (χ1n) is 5.60. The predicted molar refractivity (Wildman–Crippen MR) is 69.2 cm³/mol. The van der Waals surface area contributed by atoms with Crippen LogP contribution in [0.3, 0.4) is 0 Å². The summed E-state index contributed by atoms with van der Waals surface area (Å²) < 4.78 is 5.30. The van der Waals surface area contributed by atoms with Crippen molar-refractivity contribution < 1.29 is 4.74 Å². The number of ether oxygens (including phenoxy) is 1.